The summed E-state index contributed by atoms with van der Waals surface area (Å²) in [5.74, 6) is -1.52. The van der Waals surface area contributed by atoms with E-state index in [0.717, 1.165) is 6.07 Å². The van der Waals surface area contributed by atoms with Crippen molar-refractivity contribution >= 4 is 29.2 Å². The van der Waals surface area contributed by atoms with Gasteiger partial charge in [-0.2, -0.15) is 0 Å². The summed E-state index contributed by atoms with van der Waals surface area (Å²) in [6.07, 6.45) is 0. The van der Waals surface area contributed by atoms with E-state index < -0.39 is 24.3 Å². The summed E-state index contributed by atoms with van der Waals surface area (Å²) in [7, 11) is 4.16. The summed E-state index contributed by atoms with van der Waals surface area (Å²) in [5, 5.41) is 2.78. The molecule has 0 unspecified atom stereocenters. The van der Waals surface area contributed by atoms with Gasteiger partial charge >= 0.3 is 5.97 Å². The van der Waals surface area contributed by atoms with Crippen LogP contribution in [0.25, 0.3) is 0 Å². The van der Waals surface area contributed by atoms with Gasteiger partial charge in [-0.05, 0) is 24.3 Å². The van der Waals surface area contributed by atoms with E-state index in [1.807, 2.05) is 0 Å². The summed E-state index contributed by atoms with van der Waals surface area (Å²) in [6, 6.07) is 6.53. The Balaban J connectivity index is 2.01. The Hall–Kier alpha value is -3.00. The number of ether oxygens (including phenoxy) is 4. The molecule has 27 heavy (non-hydrogen) atoms. The predicted octanol–water partition coefficient (Wildman–Crippen LogP) is 3.30. The first-order valence-corrected chi connectivity index (χ1v) is 7.99. The van der Waals surface area contributed by atoms with Gasteiger partial charge in [0.2, 0.25) is 0 Å². The molecule has 0 bridgehead atoms. The first-order valence-electron chi connectivity index (χ1n) is 7.61. The van der Waals surface area contributed by atoms with Gasteiger partial charge in [0, 0.05) is 6.07 Å². The number of benzene rings is 2. The maximum absolute atomic E-state index is 13.6. The molecule has 1 amide bonds. The summed E-state index contributed by atoms with van der Waals surface area (Å²) < 4.78 is 33.5. The van der Waals surface area contributed by atoms with Crippen molar-refractivity contribution in [3.8, 4) is 17.2 Å². The van der Waals surface area contributed by atoms with Crippen LogP contribution in [0.1, 0.15) is 10.4 Å². The number of methoxy groups -OCH3 is 3. The van der Waals surface area contributed by atoms with Crippen LogP contribution >= 0.6 is 11.6 Å². The average molecular weight is 398 g/mol. The normalized spacial score (nSPS) is 10.1. The Morgan fingerprint density at radius 2 is 1.67 bits per heavy atom. The van der Waals surface area contributed by atoms with Gasteiger partial charge in [0.1, 0.15) is 11.5 Å². The molecule has 9 heteroatoms. The third kappa shape index (κ3) is 5.01. The van der Waals surface area contributed by atoms with Gasteiger partial charge in [0.15, 0.2) is 18.2 Å². The molecule has 0 spiro atoms. The van der Waals surface area contributed by atoms with E-state index in [1.54, 1.807) is 0 Å². The van der Waals surface area contributed by atoms with Gasteiger partial charge < -0.3 is 24.3 Å². The predicted molar refractivity (Wildman–Crippen MR) is 96.4 cm³/mol. The summed E-state index contributed by atoms with van der Waals surface area (Å²) in [6.45, 7) is -0.584. The minimum absolute atomic E-state index is 0.00669. The van der Waals surface area contributed by atoms with Gasteiger partial charge in [-0.25, -0.2) is 9.18 Å². The van der Waals surface area contributed by atoms with E-state index in [2.05, 4.69) is 5.32 Å². The quantitative estimate of drug-likeness (QED) is 0.722. The Labute approximate surface area is 159 Å². The van der Waals surface area contributed by atoms with Gasteiger partial charge in [-0.3, -0.25) is 4.79 Å². The Morgan fingerprint density at radius 1 is 1.00 bits per heavy atom. The number of hydrogen-bond donors (Lipinski definition) is 1. The number of halogens is 2. The highest BCUT2D eigenvalue weighted by Gasteiger charge is 2.16. The molecule has 2 rings (SSSR count). The lowest BCUT2D eigenvalue weighted by molar-refractivity contribution is -0.119. The Bertz CT molecular complexity index is 858. The molecule has 1 N–H and O–H groups in total. The van der Waals surface area contributed by atoms with E-state index in [1.165, 1.54) is 45.6 Å². The van der Waals surface area contributed by atoms with E-state index in [9.17, 15) is 14.0 Å². The molecular formula is C18H17ClFNO6. The zero-order valence-corrected chi connectivity index (χ0v) is 15.6. The molecule has 0 aliphatic carbocycles. The minimum Gasteiger partial charge on any atom is -0.495 e. The molecule has 7 nitrogen and oxygen atoms in total. The molecule has 0 radical (unpaired) electrons. The van der Waals surface area contributed by atoms with Crippen molar-refractivity contribution in [2.45, 2.75) is 0 Å². The first-order chi connectivity index (χ1) is 12.9. The maximum atomic E-state index is 13.6. The van der Waals surface area contributed by atoms with Gasteiger partial charge in [-0.15, -0.1) is 0 Å². The van der Waals surface area contributed by atoms with Gasteiger partial charge in [0.05, 0.1) is 37.6 Å². The monoisotopic (exact) mass is 397 g/mol. The molecule has 0 atom stereocenters. The van der Waals surface area contributed by atoms with Crippen molar-refractivity contribution in [1.29, 1.82) is 0 Å². The lowest BCUT2D eigenvalue weighted by Crippen LogP contribution is -2.21. The van der Waals surface area contributed by atoms with Crippen LogP contribution in [0.15, 0.2) is 30.3 Å². The van der Waals surface area contributed by atoms with Crippen LogP contribution in [0.2, 0.25) is 5.02 Å². The number of nitrogens with one attached hydrogen (secondary N) is 1. The average Bonchev–Trinajstić information content (AvgIpc) is 2.66. The van der Waals surface area contributed by atoms with Crippen molar-refractivity contribution in [3.05, 3.63) is 46.7 Å². The third-order valence-electron chi connectivity index (χ3n) is 3.47. The molecule has 0 aliphatic heterocycles. The lowest BCUT2D eigenvalue weighted by Gasteiger charge is -2.13. The van der Waals surface area contributed by atoms with Crippen LogP contribution in [0.3, 0.4) is 0 Å². The van der Waals surface area contributed by atoms with Crippen LogP contribution in [0, 0.1) is 5.82 Å². The molecule has 2 aromatic carbocycles. The van der Waals surface area contributed by atoms with Crippen molar-refractivity contribution in [3.63, 3.8) is 0 Å². The Kier molecular flexibility index (Phi) is 6.84. The molecule has 2 aromatic rings. The Morgan fingerprint density at radius 3 is 2.26 bits per heavy atom. The fraction of sp³-hybridized carbons (Fsp3) is 0.222. The second-order valence-corrected chi connectivity index (χ2v) is 5.57. The van der Waals surface area contributed by atoms with Crippen LogP contribution in [-0.2, 0) is 9.53 Å². The first kappa shape index (κ1) is 20.3. The molecule has 0 saturated carbocycles. The van der Waals surface area contributed by atoms with Crippen LogP contribution in [0.5, 0.6) is 17.2 Å². The molecular weight excluding hydrogens is 381 g/mol. The fourth-order valence-electron chi connectivity index (χ4n) is 2.15. The zero-order chi connectivity index (χ0) is 20.0. The third-order valence-corrected chi connectivity index (χ3v) is 3.77. The highest BCUT2D eigenvalue weighted by molar-refractivity contribution is 6.32. The number of hydrogen-bond acceptors (Lipinski definition) is 6. The minimum atomic E-state index is -0.855. The van der Waals surface area contributed by atoms with Crippen molar-refractivity contribution in [2.75, 3.05) is 33.3 Å². The van der Waals surface area contributed by atoms with E-state index in [-0.39, 0.29) is 22.0 Å². The molecule has 0 saturated heterocycles. The summed E-state index contributed by atoms with van der Waals surface area (Å²) in [5.41, 5.74) is 0.228. The largest absolute Gasteiger partial charge is 0.495 e. The number of esters is 1. The van der Waals surface area contributed by atoms with Gasteiger partial charge in [-0.1, -0.05) is 11.6 Å². The molecule has 0 aliphatic rings. The summed E-state index contributed by atoms with van der Waals surface area (Å²) in [4.78, 5) is 24.0. The SMILES string of the molecule is COc1ccc(C(=O)OCC(=O)Nc2cc(Cl)c(OC)cc2OC)cc1F. The smallest absolute Gasteiger partial charge is 0.338 e. The number of carbonyl (C=O) groups excluding carboxylic acids is 2. The zero-order valence-electron chi connectivity index (χ0n) is 14.8. The number of anilines is 1. The standard InChI is InChI=1S/C18H17ClFNO6/c1-24-14-5-4-10(6-12(14)20)18(23)27-9-17(22)21-13-7-11(19)15(25-2)8-16(13)26-3/h4-8H,9H2,1-3H3,(H,21,22). The highest BCUT2D eigenvalue weighted by atomic mass is 35.5. The molecule has 0 aromatic heterocycles. The topological polar surface area (TPSA) is 83.1 Å². The van der Waals surface area contributed by atoms with Crippen molar-refractivity contribution < 1.29 is 32.9 Å². The fourth-order valence-corrected chi connectivity index (χ4v) is 2.39. The van der Waals surface area contributed by atoms with E-state index in [4.69, 9.17) is 30.5 Å². The number of amides is 1. The molecule has 0 fully saturated rings. The maximum Gasteiger partial charge on any atom is 0.338 e. The number of rotatable bonds is 7. The second kappa shape index (κ2) is 9.09. The second-order valence-electron chi connectivity index (χ2n) is 5.16. The van der Waals surface area contributed by atoms with Crippen LogP contribution in [0.4, 0.5) is 10.1 Å². The highest BCUT2D eigenvalue weighted by Crippen LogP contribution is 2.35. The van der Waals surface area contributed by atoms with Crippen molar-refractivity contribution in [1.82, 2.24) is 0 Å². The van der Waals surface area contributed by atoms with E-state index in [0.29, 0.717) is 11.5 Å². The van der Waals surface area contributed by atoms with Crippen LogP contribution in [-0.4, -0.2) is 39.8 Å². The van der Waals surface area contributed by atoms with Crippen LogP contribution < -0.4 is 19.5 Å². The van der Waals surface area contributed by atoms with Crippen molar-refractivity contribution in [2.24, 2.45) is 0 Å². The van der Waals surface area contributed by atoms with Gasteiger partial charge in [0.25, 0.3) is 5.91 Å². The lowest BCUT2D eigenvalue weighted by atomic mass is 10.2. The summed E-state index contributed by atoms with van der Waals surface area (Å²) >= 11 is 6.03. The molecule has 0 heterocycles. The molecule has 144 valence electrons. The number of carbonyl (C=O) groups is 2. The van der Waals surface area contributed by atoms with E-state index >= 15 is 0 Å².